The van der Waals surface area contributed by atoms with Crippen molar-refractivity contribution in [1.82, 2.24) is 0 Å². The quantitative estimate of drug-likeness (QED) is 0.211. The van der Waals surface area contributed by atoms with Crippen LogP contribution in [0.5, 0.6) is 0 Å². The minimum absolute atomic E-state index is 0. The van der Waals surface area contributed by atoms with Gasteiger partial charge in [0.25, 0.3) is 12.2 Å². The van der Waals surface area contributed by atoms with Crippen molar-refractivity contribution in [2.24, 2.45) is 0 Å². The molecule has 27 heteroatoms. The van der Waals surface area contributed by atoms with E-state index < -0.39 is 82.7 Å². The molecule has 0 aromatic carbocycles. The number of carbonyl (C=O) groups is 2. The summed E-state index contributed by atoms with van der Waals surface area (Å²) in [5.41, 5.74) is 0. The lowest BCUT2D eigenvalue weighted by Crippen LogP contribution is -2.16. The Labute approximate surface area is 226 Å². The van der Waals surface area contributed by atoms with Crippen molar-refractivity contribution in [1.29, 1.82) is 0 Å². The summed E-state index contributed by atoms with van der Waals surface area (Å²) in [4.78, 5) is 19.2. The number of hydrogen-bond donors (Lipinski definition) is 0. The molecule has 0 N–H and O–H groups in total. The highest BCUT2D eigenvalue weighted by Gasteiger charge is 2.38. The molecular formula is C16H21F23O4. The van der Waals surface area contributed by atoms with Crippen LogP contribution in [0.15, 0.2) is 24.8 Å². The van der Waals surface area contributed by atoms with Crippen molar-refractivity contribution < 1.29 is 120 Å². The number of methoxy groups -OCH3 is 1. The average Bonchev–Trinajstić information content (AvgIpc) is 2.83. The molecule has 0 fully saturated rings. The molecule has 0 saturated carbocycles. The van der Waals surface area contributed by atoms with E-state index in [1.807, 2.05) is 0 Å². The van der Waals surface area contributed by atoms with Crippen LogP contribution in [0.4, 0.5) is 106 Å². The van der Waals surface area contributed by atoms with Gasteiger partial charge in [0, 0.05) is 7.11 Å². The van der Waals surface area contributed by atoms with Gasteiger partial charge in [0.05, 0.1) is 0 Å². The monoisotopic (exact) mass is 714 g/mol. The maximum Gasteiger partial charge on any atom is 0.483 e. The molecule has 0 amide bonds. The Morgan fingerprint density at radius 2 is 0.721 bits per heavy atom. The van der Waals surface area contributed by atoms with E-state index in [0.717, 1.165) is 0 Å². The topological polar surface area (TPSA) is 52.6 Å². The standard InChI is InChI=1S/C2F4O.2C2H2F4.2C2HF3.C2H5FO.CH2F2O.CF2O.2CH4/c3-1(7)2(4,5)6;2*3-1-2(4,5)6;2*3-1-2(4)5;1-4-2-3;2-1-4-3;2-1(3)4;;/h;2*1H2;2*1H;2H2,1H3;1H2;;2*1H4. The van der Waals surface area contributed by atoms with Gasteiger partial charge in [-0.3, -0.25) is 4.79 Å². The zero-order chi connectivity index (χ0) is 35.5. The number of ether oxygens (including phenoxy) is 1. The van der Waals surface area contributed by atoms with Gasteiger partial charge >= 0.3 is 30.9 Å². The summed E-state index contributed by atoms with van der Waals surface area (Å²) in [6.07, 6.45) is -23.5. The minimum atomic E-state index is -5.31. The van der Waals surface area contributed by atoms with E-state index in [9.17, 15) is 101 Å². The molecule has 0 rings (SSSR count). The van der Waals surface area contributed by atoms with Gasteiger partial charge in [-0.25, -0.2) is 31.1 Å². The van der Waals surface area contributed by atoms with Crippen molar-refractivity contribution in [3.8, 4) is 0 Å². The molecule has 0 atom stereocenters. The maximum atomic E-state index is 10.5. The molecule has 0 bridgehead atoms. The van der Waals surface area contributed by atoms with Crippen LogP contribution in [-0.4, -0.2) is 65.0 Å². The maximum absolute atomic E-state index is 10.5. The van der Waals surface area contributed by atoms with Crippen molar-refractivity contribution in [2.45, 2.75) is 33.4 Å². The van der Waals surface area contributed by atoms with Crippen molar-refractivity contribution >= 4 is 12.3 Å². The molecule has 270 valence electrons. The fourth-order valence-electron chi connectivity index (χ4n) is 0. The van der Waals surface area contributed by atoms with E-state index >= 15 is 0 Å². The summed E-state index contributed by atoms with van der Waals surface area (Å²) in [6, 6.07) is -3.26. The van der Waals surface area contributed by atoms with E-state index in [4.69, 9.17) is 9.59 Å². The summed E-state index contributed by atoms with van der Waals surface area (Å²) < 4.78 is 240. The predicted molar refractivity (Wildman–Crippen MR) is 101 cm³/mol. The van der Waals surface area contributed by atoms with Crippen LogP contribution in [-0.2, 0) is 14.5 Å². The van der Waals surface area contributed by atoms with Crippen molar-refractivity contribution in [3.05, 3.63) is 24.8 Å². The van der Waals surface area contributed by atoms with Gasteiger partial charge in [0.15, 0.2) is 32.9 Å². The molecule has 0 saturated heterocycles. The molecule has 0 heterocycles. The highest BCUT2D eigenvalue weighted by molar-refractivity contribution is 5.74. The van der Waals surface area contributed by atoms with E-state index in [2.05, 4.69) is 9.68 Å². The van der Waals surface area contributed by atoms with Crippen molar-refractivity contribution in [2.75, 3.05) is 34.2 Å². The van der Waals surface area contributed by atoms with Gasteiger partial charge in [-0.2, -0.15) is 66.4 Å². The van der Waals surface area contributed by atoms with Crippen LogP contribution in [0.2, 0.25) is 0 Å². The summed E-state index contributed by atoms with van der Waals surface area (Å²) in [5, 5.41) is 0. The average molecular weight is 714 g/mol. The van der Waals surface area contributed by atoms with E-state index in [-0.39, 0.29) is 14.9 Å². The molecule has 0 aromatic rings. The van der Waals surface area contributed by atoms with Gasteiger partial charge < -0.3 is 4.74 Å². The Bertz CT molecular complexity index is 552. The lowest BCUT2D eigenvalue weighted by atomic mass is 10.7. The molecule has 0 unspecified atom stereocenters. The van der Waals surface area contributed by atoms with Crippen LogP contribution in [0, 0.1) is 0 Å². The number of halogens is 23. The molecular weight excluding hydrogens is 693 g/mol. The summed E-state index contributed by atoms with van der Waals surface area (Å²) in [7, 11) is 1.31. The first-order valence-electron chi connectivity index (χ1n) is 7.61. The van der Waals surface area contributed by atoms with Crippen LogP contribution in [0.25, 0.3) is 0 Å². The normalized spacial score (nSPS) is 8.84. The van der Waals surface area contributed by atoms with E-state index in [1.165, 1.54) is 7.11 Å². The molecule has 43 heavy (non-hydrogen) atoms. The number of rotatable bonds is 2. The lowest BCUT2D eigenvalue weighted by Gasteiger charge is -1.93. The fourth-order valence-corrected chi connectivity index (χ4v) is 0. The summed E-state index contributed by atoms with van der Waals surface area (Å²) >= 11 is 0. The third-order valence-corrected chi connectivity index (χ3v) is 0.841. The zero-order valence-electron chi connectivity index (χ0n) is 18.8. The molecule has 0 aliphatic carbocycles. The zero-order valence-corrected chi connectivity index (χ0v) is 18.8. The van der Waals surface area contributed by atoms with Gasteiger partial charge in [-0.15, -0.1) is 8.78 Å². The van der Waals surface area contributed by atoms with E-state index in [0.29, 0.717) is 0 Å². The molecule has 0 radical (unpaired) electrons. The molecule has 0 spiro atoms. The van der Waals surface area contributed by atoms with Crippen LogP contribution in [0.3, 0.4) is 0 Å². The third kappa shape index (κ3) is 236. The van der Waals surface area contributed by atoms with Crippen LogP contribution >= 0.6 is 0 Å². The number of alkyl halides is 13. The van der Waals surface area contributed by atoms with Gasteiger partial charge in [-0.05, 0) is 4.53 Å². The fraction of sp³-hybridized carbons (Fsp3) is 0.625. The highest BCUT2D eigenvalue weighted by Crippen LogP contribution is 2.15. The predicted octanol–water partition coefficient (Wildman–Crippen LogP) is 11.2. The molecule has 0 aromatic heterocycles. The second-order valence-electron chi connectivity index (χ2n) is 3.91. The lowest BCUT2D eigenvalue weighted by molar-refractivity contribution is -0.183. The Balaban J connectivity index is -0.0000000362. The Kier molecular flexibility index (Phi) is 72.6. The second-order valence-corrected chi connectivity index (χ2v) is 3.91. The third-order valence-electron chi connectivity index (χ3n) is 0.841. The Morgan fingerprint density at radius 3 is 0.721 bits per heavy atom. The van der Waals surface area contributed by atoms with Crippen LogP contribution in [0.1, 0.15) is 14.9 Å². The smallest absolute Gasteiger partial charge is 0.354 e. The van der Waals surface area contributed by atoms with E-state index in [1.54, 1.807) is 0 Å². The van der Waals surface area contributed by atoms with Crippen molar-refractivity contribution in [3.63, 3.8) is 0 Å². The Morgan fingerprint density at radius 1 is 0.605 bits per heavy atom. The second kappa shape index (κ2) is 46.1. The molecule has 0 aliphatic rings. The van der Waals surface area contributed by atoms with Gasteiger partial charge in [0.2, 0.25) is 6.86 Å². The molecule has 0 aliphatic heterocycles. The molecule has 4 nitrogen and oxygen atoms in total. The summed E-state index contributed by atoms with van der Waals surface area (Å²) in [5.74, 6) is 0. The first-order valence-corrected chi connectivity index (χ1v) is 7.61. The highest BCUT2D eigenvalue weighted by atomic mass is 19.4. The number of carbonyl (C=O) groups excluding carboxylic acids is 2. The largest absolute Gasteiger partial charge is 0.483 e. The number of hydrogen-bond acceptors (Lipinski definition) is 4. The summed E-state index contributed by atoms with van der Waals surface area (Å²) in [6.45, 7) is -6.49. The first kappa shape index (κ1) is 67.7. The first-order chi connectivity index (χ1) is 18.2. The Hall–Kier alpha value is -2.87. The van der Waals surface area contributed by atoms with Gasteiger partial charge in [-0.1, -0.05) is 14.9 Å². The van der Waals surface area contributed by atoms with Crippen LogP contribution < -0.4 is 0 Å². The SMILES string of the molecule is C.C.COCF.FC=C(F)F.FC=C(F)F.FCC(F)(F)F.FCC(F)(F)F.FCOF.O=C(F)C(F)(F)F.O=C(F)F. The van der Waals surface area contributed by atoms with Gasteiger partial charge in [0.1, 0.15) is 0 Å². The minimum Gasteiger partial charge on any atom is -0.354 e.